The van der Waals surface area contributed by atoms with E-state index in [1.807, 2.05) is 6.92 Å². The lowest BCUT2D eigenvalue weighted by Gasteiger charge is -2.31. The number of aromatic nitrogens is 2. The van der Waals surface area contributed by atoms with E-state index in [9.17, 15) is 13.2 Å². The van der Waals surface area contributed by atoms with Crippen LogP contribution in [0.1, 0.15) is 30.0 Å². The van der Waals surface area contributed by atoms with Crippen LogP contribution in [-0.4, -0.2) is 35.8 Å². The van der Waals surface area contributed by atoms with Crippen LogP contribution in [0.25, 0.3) is 0 Å². The molecule has 1 fully saturated rings. The highest BCUT2D eigenvalue weighted by Gasteiger charge is 2.31. The Morgan fingerprint density at radius 1 is 1.22 bits per heavy atom. The topological polar surface area (TPSA) is 83.1 Å². The first kappa shape index (κ1) is 15.9. The number of aryl methyl sites for hydroxylation is 1. The Balaban J connectivity index is 1.85. The van der Waals surface area contributed by atoms with E-state index < -0.39 is 15.7 Å². The van der Waals surface area contributed by atoms with Crippen molar-refractivity contribution in [3.05, 3.63) is 58.3 Å². The number of aromatic amines is 1. The van der Waals surface area contributed by atoms with E-state index in [2.05, 4.69) is 9.97 Å². The maximum absolute atomic E-state index is 12.8. The van der Waals surface area contributed by atoms with Crippen molar-refractivity contribution >= 4 is 10.0 Å². The Hall–Kier alpha value is -1.99. The van der Waals surface area contributed by atoms with Gasteiger partial charge in [-0.1, -0.05) is 17.7 Å². The number of hydrogen-bond acceptors (Lipinski definition) is 4. The molecule has 1 aromatic carbocycles. The van der Waals surface area contributed by atoms with E-state index in [-0.39, 0.29) is 5.92 Å². The van der Waals surface area contributed by atoms with E-state index in [0.717, 1.165) is 24.1 Å². The molecule has 3 rings (SSSR count). The van der Waals surface area contributed by atoms with Gasteiger partial charge in [0.05, 0.1) is 4.90 Å². The lowest BCUT2D eigenvalue weighted by Crippen LogP contribution is -2.39. The van der Waals surface area contributed by atoms with E-state index in [1.165, 1.54) is 10.5 Å². The highest BCUT2D eigenvalue weighted by Crippen LogP contribution is 2.28. The smallest absolute Gasteiger partial charge is 0.309 e. The standard InChI is InChI=1S/C16H19N3O3S/c1-12-4-6-14(7-5-12)23(21,22)19-10-2-3-13(11-19)15-8-9-17-16(20)18-15/h4-9,13H,2-3,10-11H2,1H3,(H,17,18,20)/t13-/m0/s1. The molecule has 0 amide bonds. The van der Waals surface area contributed by atoms with Gasteiger partial charge < -0.3 is 4.98 Å². The van der Waals surface area contributed by atoms with Gasteiger partial charge in [0.1, 0.15) is 0 Å². The fraction of sp³-hybridized carbons (Fsp3) is 0.375. The van der Waals surface area contributed by atoms with Crippen molar-refractivity contribution in [2.24, 2.45) is 0 Å². The fourth-order valence-electron chi connectivity index (χ4n) is 2.89. The van der Waals surface area contributed by atoms with Crippen molar-refractivity contribution < 1.29 is 8.42 Å². The maximum Gasteiger partial charge on any atom is 0.345 e. The molecule has 1 atom stereocenters. The zero-order chi connectivity index (χ0) is 16.4. The molecular formula is C16H19N3O3S. The SMILES string of the molecule is Cc1ccc(S(=O)(=O)N2CCC[C@H](c3ccnc(=O)[nH]3)C2)cc1. The van der Waals surface area contributed by atoms with E-state index >= 15 is 0 Å². The van der Waals surface area contributed by atoms with Crippen molar-refractivity contribution in [2.45, 2.75) is 30.6 Å². The molecule has 23 heavy (non-hydrogen) atoms. The summed E-state index contributed by atoms with van der Waals surface area (Å²) in [4.78, 5) is 18.0. The van der Waals surface area contributed by atoms with Gasteiger partial charge in [0.15, 0.2) is 0 Å². The van der Waals surface area contributed by atoms with Crippen molar-refractivity contribution in [3.8, 4) is 0 Å². The van der Waals surface area contributed by atoms with Gasteiger partial charge in [-0.15, -0.1) is 0 Å². The number of nitrogens with zero attached hydrogens (tertiary/aromatic N) is 2. The van der Waals surface area contributed by atoms with Gasteiger partial charge in [-0.2, -0.15) is 4.31 Å². The van der Waals surface area contributed by atoms with Crippen LogP contribution < -0.4 is 5.69 Å². The first-order valence-corrected chi connectivity index (χ1v) is 9.03. The molecule has 0 unspecified atom stereocenters. The van der Waals surface area contributed by atoms with Gasteiger partial charge in [0, 0.05) is 30.9 Å². The third-order valence-electron chi connectivity index (χ3n) is 4.18. The molecule has 1 saturated heterocycles. The molecule has 0 saturated carbocycles. The summed E-state index contributed by atoms with van der Waals surface area (Å²) in [5.74, 6) is -0.0142. The molecule has 0 aliphatic carbocycles. The van der Waals surface area contributed by atoms with Crippen molar-refractivity contribution in [3.63, 3.8) is 0 Å². The van der Waals surface area contributed by atoms with E-state index in [1.54, 1.807) is 30.3 Å². The fourth-order valence-corrected chi connectivity index (χ4v) is 4.42. The lowest BCUT2D eigenvalue weighted by molar-refractivity contribution is 0.312. The molecule has 0 radical (unpaired) electrons. The van der Waals surface area contributed by atoms with Crippen LogP contribution >= 0.6 is 0 Å². The zero-order valence-electron chi connectivity index (χ0n) is 12.9. The highest BCUT2D eigenvalue weighted by molar-refractivity contribution is 7.89. The second-order valence-corrected chi connectivity index (χ2v) is 7.78. The normalized spacial score (nSPS) is 19.6. The van der Waals surface area contributed by atoms with Crippen molar-refractivity contribution in [1.82, 2.24) is 14.3 Å². The van der Waals surface area contributed by atoms with Gasteiger partial charge in [-0.05, 0) is 38.0 Å². The molecule has 0 bridgehead atoms. The Morgan fingerprint density at radius 2 is 1.96 bits per heavy atom. The highest BCUT2D eigenvalue weighted by atomic mass is 32.2. The third kappa shape index (κ3) is 3.35. The molecule has 1 aliphatic heterocycles. The molecule has 7 heteroatoms. The quantitative estimate of drug-likeness (QED) is 0.926. The largest absolute Gasteiger partial charge is 0.345 e. The van der Waals surface area contributed by atoms with Gasteiger partial charge in [-0.3, -0.25) is 0 Å². The molecule has 1 aromatic heterocycles. The molecule has 0 spiro atoms. The number of piperidine rings is 1. The van der Waals surface area contributed by atoms with Crippen LogP contribution in [0, 0.1) is 6.92 Å². The monoisotopic (exact) mass is 333 g/mol. The Labute approximate surface area is 135 Å². The number of rotatable bonds is 3. The Bertz CT molecular complexity index is 843. The average Bonchev–Trinajstić information content (AvgIpc) is 2.55. The van der Waals surface area contributed by atoms with Gasteiger partial charge in [0.2, 0.25) is 10.0 Å². The minimum absolute atomic E-state index is 0.0142. The summed E-state index contributed by atoms with van der Waals surface area (Å²) in [6.07, 6.45) is 3.07. The zero-order valence-corrected chi connectivity index (χ0v) is 13.7. The lowest BCUT2D eigenvalue weighted by atomic mass is 9.96. The summed E-state index contributed by atoms with van der Waals surface area (Å²) in [5.41, 5.74) is 1.37. The first-order valence-electron chi connectivity index (χ1n) is 7.59. The summed E-state index contributed by atoms with van der Waals surface area (Å²) in [5, 5.41) is 0. The van der Waals surface area contributed by atoms with Crippen LogP contribution in [-0.2, 0) is 10.0 Å². The second-order valence-electron chi connectivity index (χ2n) is 5.85. The average molecular weight is 333 g/mol. The number of H-pyrrole nitrogens is 1. The van der Waals surface area contributed by atoms with Gasteiger partial charge >= 0.3 is 5.69 Å². The van der Waals surface area contributed by atoms with Crippen molar-refractivity contribution in [2.75, 3.05) is 13.1 Å². The number of hydrogen-bond donors (Lipinski definition) is 1. The molecule has 1 aliphatic rings. The molecular weight excluding hydrogens is 314 g/mol. The molecule has 122 valence electrons. The second kappa shape index (κ2) is 6.25. The van der Waals surface area contributed by atoms with Crippen LogP contribution in [0.4, 0.5) is 0 Å². The van der Waals surface area contributed by atoms with Crippen molar-refractivity contribution in [1.29, 1.82) is 0 Å². The predicted molar refractivity (Wildman–Crippen MR) is 86.8 cm³/mol. The summed E-state index contributed by atoms with van der Waals surface area (Å²) in [6.45, 7) is 2.80. The van der Waals surface area contributed by atoms with Crippen LogP contribution in [0.3, 0.4) is 0 Å². The molecule has 2 heterocycles. The molecule has 6 nitrogen and oxygen atoms in total. The first-order chi connectivity index (χ1) is 11.0. The molecule has 1 N–H and O–H groups in total. The number of sulfonamides is 1. The van der Waals surface area contributed by atoms with E-state index in [4.69, 9.17) is 0 Å². The minimum Gasteiger partial charge on any atom is -0.309 e. The maximum atomic E-state index is 12.8. The van der Waals surface area contributed by atoms with Crippen LogP contribution in [0.5, 0.6) is 0 Å². The van der Waals surface area contributed by atoms with E-state index in [0.29, 0.717) is 18.0 Å². The van der Waals surface area contributed by atoms with Crippen LogP contribution in [0.2, 0.25) is 0 Å². The Morgan fingerprint density at radius 3 is 2.65 bits per heavy atom. The minimum atomic E-state index is -3.50. The summed E-state index contributed by atoms with van der Waals surface area (Å²) in [6, 6.07) is 8.63. The third-order valence-corrected chi connectivity index (χ3v) is 6.06. The molecule has 2 aromatic rings. The van der Waals surface area contributed by atoms with Gasteiger partial charge in [0.25, 0.3) is 0 Å². The summed E-state index contributed by atoms with van der Waals surface area (Å²) < 4.78 is 27.1. The van der Waals surface area contributed by atoms with Gasteiger partial charge in [-0.25, -0.2) is 18.2 Å². The summed E-state index contributed by atoms with van der Waals surface area (Å²) in [7, 11) is -3.50. The number of nitrogens with one attached hydrogen (secondary N) is 1. The number of benzene rings is 1. The Kier molecular flexibility index (Phi) is 4.32. The predicted octanol–water partition coefficient (Wildman–Crippen LogP) is 1.65. The van der Waals surface area contributed by atoms with Crippen LogP contribution in [0.15, 0.2) is 46.2 Å². The summed E-state index contributed by atoms with van der Waals surface area (Å²) >= 11 is 0.